The number of nitrogens with two attached hydrogens (primary N) is 4. The van der Waals surface area contributed by atoms with Crippen LogP contribution in [0.4, 0.5) is 4.39 Å². The summed E-state index contributed by atoms with van der Waals surface area (Å²) in [7, 11) is 0. The predicted molar refractivity (Wildman–Crippen MR) is 279 cm³/mol. The van der Waals surface area contributed by atoms with Crippen LogP contribution in [0.5, 0.6) is 0 Å². The highest BCUT2D eigenvalue weighted by Crippen LogP contribution is 2.20. The van der Waals surface area contributed by atoms with E-state index in [9.17, 15) is 52.3 Å². The fourth-order valence-electron chi connectivity index (χ4n) is 8.28. The standard InChI is InChI=1S/C49H70FN17O10/c1-26(68)61-33(11-6-20-58-48(53)54)42(72)67-38-24-40(70)57-19-5-4-10-32(41(52)71)62-46(76)37(23-28-25-60-31-9-3-2-8-30(28)31)66-43(73)34(12-7-21-59-49(55)56)63-45(75)36(22-27-13-15-29(50)16-14-27)65-44(74)35(64-47(38)77)17-18-39(51)69/h2-3,8-9,13-16,25,32-38,60H,4-7,10-12,17-24H2,1H3,(H2,51,69)(H2,52,71)(H,57,70)(H,61,68)(H,62,76)(H,63,75)(H,64,77)(H,65,74)(H,66,73)(H,67,72)(H4,53,54,58)(H4,55,56,59)/t32?,33-,34+,35+,36-,37+,38+/m1/s1. The van der Waals surface area contributed by atoms with E-state index >= 15 is 0 Å². The summed E-state index contributed by atoms with van der Waals surface area (Å²) in [5.41, 5.74) is 23.7. The molecule has 28 heteroatoms. The maximum absolute atomic E-state index is 14.6. The minimum Gasteiger partial charge on any atom is -0.370 e. The molecular formula is C49H70FN17O10. The van der Waals surface area contributed by atoms with Crippen molar-refractivity contribution in [3.63, 3.8) is 0 Å². The summed E-state index contributed by atoms with van der Waals surface area (Å²) in [5, 5.41) is 41.5. The molecule has 1 aliphatic heterocycles. The van der Waals surface area contributed by atoms with Crippen LogP contribution in [0.1, 0.15) is 82.3 Å². The highest BCUT2D eigenvalue weighted by Gasteiger charge is 2.35. The number of hydrogen-bond acceptors (Lipinski definition) is 12. The van der Waals surface area contributed by atoms with E-state index in [-0.39, 0.29) is 89.3 Å². The number of para-hydroxylation sites is 1. The number of aromatic amines is 1. The van der Waals surface area contributed by atoms with Gasteiger partial charge in [-0.3, -0.25) is 58.8 Å². The Morgan fingerprint density at radius 3 is 1.94 bits per heavy atom. The molecule has 21 N–H and O–H groups in total. The van der Waals surface area contributed by atoms with E-state index in [1.165, 1.54) is 12.1 Å². The third kappa shape index (κ3) is 21.1. The first kappa shape index (κ1) is 60.7. The highest BCUT2D eigenvalue weighted by molar-refractivity contribution is 5.99. The Morgan fingerprint density at radius 2 is 1.30 bits per heavy atom. The summed E-state index contributed by atoms with van der Waals surface area (Å²) in [4.78, 5) is 140. The SMILES string of the molecule is CC(=O)N[C@H](CCCNC(=N)N)C(=O)N[C@H]1CC(=O)NCCCCC(C(N)=O)NC(=O)[C@H](Cc2c[nH]c3ccccc23)NC(=O)[C@H](CCCNC(=N)N)NC(=O)[C@@H](Cc2ccc(F)cc2)NC(=O)[C@H](CCC(N)=O)NC1=O. The van der Waals surface area contributed by atoms with Crippen molar-refractivity contribution in [1.82, 2.24) is 58.2 Å². The van der Waals surface area contributed by atoms with Crippen LogP contribution < -0.4 is 76.1 Å². The van der Waals surface area contributed by atoms with Crippen LogP contribution in [0.3, 0.4) is 0 Å². The summed E-state index contributed by atoms with van der Waals surface area (Å²) < 4.78 is 14.1. The van der Waals surface area contributed by atoms with Gasteiger partial charge in [0.15, 0.2) is 11.9 Å². The maximum Gasteiger partial charge on any atom is 0.243 e. The van der Waals surface area contributed by atoms with Crippen LogP contribution in [-0.4, -0.2) is 138 Å². The number of guanidine groups is 2. The lowest BCUT2D eigenvalue weighted by atomic mass is 10.0. The largest absolute Gasteiger partial charge is 0.370 e. The van der Waals surface area contributed by atoms with E-state index in [0.717, 1.165) is 30.0 Å². The van der Waals surface area contributed by atoms with Gasteiger partial charge in [-0.25, -0.2) is 4.39 Å². The summed E-state index contributed by atoms with van der Waals surface area (Å²) in [6.07, 6.45) is -0.00522. The molecule has 0 aliphatic carbocycles. The van der Waals surface area contributed by atoms with Crippen molar-refractivity contribution < 1.29 is 52.3 Å². The number of primary amides is 2. The Balaban J connectivity index is 1.79. The molecule has 3 aromatic rings. The quantitative estimate of drug-likeness (QED) is 0.0315. The molecule has 418 valence electrons. The average molecular weight is 1080 g/mol. The lowest BCUT2D eigenvalue weighted by Gasteiger charge is -2.28. The monoisotopic (exact) mass is 1080 g/mol. The van der Waals surface area contributed by atoms with Crippen LogP contribution in [0, 0.1) is 16.6 Å². The molecule has 2 aromatic carbocycles. The van der Waals surface area contributed by atoms with Gasteiger partial charge in [0.05, 0.1) is 6.42 Å². The normalized spacial score (nSPS) is 20.8. The van der Waals surface area contributed by atoms with E-state index in [4.69, 9.17) is 33.8 Å². The maximum atomic E-state index is 14.6. The zero-order valence-electron chi connectivity index (χ0n) is 42.6. The number of fused-ring (bicyclic) bond motifs is 1. The fourth-order valence-corrected chi connectivity index (χ4v) is 8.28. The number of aromatic nitrogens is 1. The number of carbonyl (C=O) groups is 10. The number of hydrogen-bond donors (Lipinski definition) is 17. The van der Waals surface area contributed by atoms with Gasteiger partial charge in [-0.05, 0) is 80.7 Å². The molecule has 1 saturated heterocycles. The topological polar surface area (TPSA) is 459 Å². The molecule has 0 saturated carbocycles. The molecule has 1 aromatic heterocycles. The van der Waals surface area contributed by atoms with Gasteiger partial charge < -0.3 is 81.1 Å². The second-order valence-corrected chi connectivity index (χ2v) is 18.4. The van der Waals surface area contributed by atoms with Gasteiger partial charge in [-0.1, -0.05) is 30.3 Å². The van der Waals surface area contributed by atoms with Crippen molar-refractivity contribution in [2.75, 3.05) is 19.6 Å². The third-order valence-electron chi connectivity index (χ3n) is 12.3. The number of H-pyrrole nitrogens is 1. The highest BCUT2D eigenvalue weighted by atomic mass is 19.1. The smallest absolute Gasteiger partial charge is 0.243 e. The molecule has 77 heavy (non-hydrogen) atoms. The number of nitrogens with one attached hydrogen (secondary N) is 13. The van der Waals surface area contributed by atoms with Crippen LogP contribution in [0.15, 0.2) is 54.7 Å². The third-order valence-corrected chi connectivity index (χ3v) is 12.3. The molecule has 1 fully saturated rings. The molecule has 0 bridgehead atoms. The van der Waals surface area contributed by atoms with Crippen molar-refractivity contribution in [3.8, 4) is 0 Å². The minimum absolute atomic E-state index is 0.0246. The number of halogens is 1. The van der Waals surface area contributed by atoms with Crippen LogP contribution in [0.2, 0.25) is 0 Å². The van der Waals surface area contributed by atoms with Gasteiger partial charge in [0, 0.05) is 62.9 Å². The summed E-state index contributed by atoms with van der Waals surface area (Å²) in [5.74, 6) is -10.3. The van der Waals surface area contributed by atoms with E-state index in [0.29, 0.717) is 11.1 Å². The first-order valence-corrected chi connectivity index (χ1v) is 25.0. The van der Waals surface area contributed by atoms with Gasteiger partial charge in [0.2, 0.25) is 59.1 Å². The van der Waals surface area contributed by atoms with E-state index in [1.54, 1.807) is 30.5 Å². The number of rotatable bonds is 19. The summed E-state index contributed by atoms with van der Waals surface area (Å²) in [6.45, 7) is 1.30. The molecule has 1 unspecified atom stereocenters. The summed E-state index contributed by atoms with van der Waals surface area (Å²) in [6, 6.07) is 1.60. The van der Waals surface area contributed by atoms with E-state index in [1.807, 2.05) is 0 Å². The van der Waals surface area contributed by atoms with E-state index in [2.05, 4.69) is 58.2 Å². The number of amides is 10. The molecule has 4 rings (SSSR count). The zero-order chi connectivity index (χ0) is 56.6. The second-order valence-electron chi connectivity index (χ2n) is 18.4. The van der Waals surface area contributed by atoms with Crippen LogP contribution in [0.25, 0.3) is 10.9 Å². The predicted octanol–water partition coefficient (Wildman–Crippen LogP) is -3.53. The van der Waals surface area contributed by atoms with Crippen molar-refractivity contribution in [1.29, 1.82) is 10.8 Å². The zero-order valence-corrected chi connectivity index (χ0v) is 42.6. The number of carbonyl (C=O) groups excluding carboxylic acids is 10. The van der Waals surface area contributed by atoms with Crippen molar-refractivity contribution >= 4 is 81.9 Å². The van der Waals surface area contributed by atoms with Gasteiger partial charge in [0.25, 0.3) is 0 Å². The Morgan fingerprint density at radius 1 is 0.714 bits per heavy atom. The lowest BCUT2D eigenvalue weighted by molar-refractivity contribution is -0.136. The minimum atomic E-state index is -1.75. The molecule has 2 heterocycles. The molecule has 1 aliphatic rings. The van der Waals surface area contributed by atoms with Crippen molar-refractivity contribution in [3.05, 3.63) is 71.7 Å². The lowest BCUT2D eigenvalue weighted by Crippen LogP contribution is -2.60. The molecule has 7 atom stereocenters. The Kier molecular flexibility index (Phi) is 24.0. The molecule has 0 spiro atoms. The molecule has 0 radical (unpaired) electrons. The summed E-state index contributed by atoms with van der Waals surface area (Å²) >= 11 is 0. The first-order valence-electron chi connectivity index (χ1n) is 25.0. The van der Waals surface area contributed by atoms with Gasteiger partial charge >= 0.3 is 0 Å². The van der Waals surface area contributed by atoms with Crippen LogP contribution in [-0.2, 0) is 60.8 Å². The first-order chi connectivity index (χ1) is 36.6. The Labute approximate surface area is 442 Å². The van der Waals surface area contributed by atoms with Crippen molar-refractivity contribution in [2.24, 2.45) is 22.9 Å². The Hall–Kier alpha value is -8.85. The van der Waals surface area contributed by atoms with Gasteiger partial charge in [-0.15, -0.1) is 0 Å². The molecular weight excluding hydrogens is 1010 g/mol. The fraction of sp³-hybridized carbons (Fsp3) is 0.469. The Bertz CT molecular complexity index is 2610. The second kappa shape index (κ2) is 30.5. The molecule has 10 amide bonds. The molecule has 27 nitrogen and oxygen atoms in total. The average Bonchev–Trinajstić information content (AvgIpc) is 3.78. The van der Waals surface area contributed by atoms with Gasteiger partial charge in [0.1, 0.15) is 48.1 Å². The van der Waals surface area contributed by atoms with Gasteiger partial charge in [-0.2, -0.15) is 0 Å². The van der Waals surface area contributed by atoms with Crippen LogP contribution >= 0.6 is 0 Å². The van der Waals surface area contributed by atoms with Crippen molar-refractivity contribution in [2.45, 2.75) is 126 Å². The van der Waals surface area contributed by atoms with E-state index < -0.39 is 126 Å². The number of benzene rings is 2.